The highest BCUT2D eigenvalue weighted by Crippen LogP contribution is 2.38. The third-order valence-electron chi connectivity index (χ3n) is 5.55. The molecule has 1 aliphatic carbocycles. The molecule has 5 heteroatoms. The molecule has 0 atom stereocenters. The van der Waals surface area contributed by atoms with Crippen LogP contribution in [-0.4, -0.2) is 34.5 Å². The van der Waals surface area contributed by atoms with E-state index >= 15 is 0 Å². The van der Waals surface area contributed by atoms with Crippen LogP contribution in [0.1, 0.15) is 43.2 Å². The fourth-order valence-electron chi connectivity index (χ4n) is 3.98. The number of rotatable bonds is 10. The molecule has 1 aliphatic rings. The molecule has 0 aromatic heterocycles. The molecule has 1 fully saturated rings. The second-order valence-corrected chi connectivity index (χ2v) is 7.55. The van der Waals surface area contributed by atoms with Crippen LogP contribution in [0.2, 0.25) is 0 Å². The third-order valence-corrected chi connectivity index (χ3v) is 5.55. The smallest absolute Gasteiger partial charge is 0.188 e. The first-order chi connectivity index (χ1) is 14.7. The highest BCUT2D eigenvalue weighted by molar-refractivity contribution is 5.82. The van der Waals surface area contributed by atoms with Crippen molar-refractivity contribution in [3.05, 3.63) is 65.2 Å². The fraction of sp³-hybridized carbons (Fsp3) is 0.440. The standard InChI is InChI=1S/C25H31FO4/c1-27-17-29-23-11-7-21(8-12-23)25(20-5-3-19(4-6-20)15-16-26)22-9-13-24(14-10-22)30-18-28-2/h7-14,19H,3-6,15-18H2,1-2H3. The number of allylic oxidation sites excluding steroid dienone is 1. The van der Waals surface area contributed by atoms with Crippen molar-refractivity contribution in [2.75, 3.05) is 34.5 Å². The minimum absolute atomic E-state index is 0.220. The number of hydrogen-bond donors (Lipinski definition) is 0. The van der Waals surface area contributed by atoms with Gasteiger partial charge in [-0.1, -0.05) is 29.8 Å². The van der Waals surface area contributed by atoms with Crippen LogP contribution in [0.5, 0.6) is 11.5 Å². The molecule has 0 spiro atoms. The molecular weight excluding hydrogens is 383 g/mol. The SMILES string of the molecule is COCOc1ccc(C(=C2CCC(CCF)CC2)c2ccc(OCOC)cc2)cc1. The Balaban J connectivity index is 1.88. The summed E-state index contributed by atoms with van der Waals surface area (Å²) < 4.78 is 33.8. The van der Waals surface area contributed by atoms with Gasteiger partial charge >= 0.3 is 0 Å². The molecule has 0 bridgehead atoms. The summed E-state index contributed by atoms with van der Waals surface area (Å²) in [6.45, 7) is 0.237. The Morgan fingerprint density at radius 1 is 0.800 bits per heavy atom. The molecule has 2 aromatic rings. The minimum Gasteiger partial charge on any atom is -0.468 e. The summed E-state index contributed by atoms with van der Waals surface area (Å²) in [6.07, 6.45) is 4.78. The van der Waals surface area contributed by atoms with E-state index in [0.29, 0.717) is 12.3 Å². The van der Waals surface area contributed by atoms with Crippen molar-refractivity contribution in [2.45, 2.75) is 32.1 Å². The van der Waals surface area contributed by atoms with Gasteiger partial charge in [0.1, 0.15) is 11.5 Å². The van der Waals surface area contributed by atoms with Gasteiger partial charge in [0.15, 0.2) is 13.6 Å². The molecule has 0 unspecified atom stereocenters. The van der Waals surface area contributed by atoms with Gasteiger partial charge in [-0.05, 0) is 79.0 Å². The van der Waals surface area contributed by atoms with Crippen LogP contribution in [0.4, 0.5) is 4.39 Å². The van der Waals surface area contributed by atoms with E-state index in [2.05, 4.69) is 24.3 Å². The summed E-state index contributed by atoms with van der Waals surface area (Å²) in [7, 11) is 3.21. The summed E-state index contributed by atoms with van der Waals surface area (Å²) >= 11 is 0. The average molecular weight is 415 g/mol. The molecule has 162 valence electrons. The Morgan fingerprint density at radius 3 is 1.67 bits per heavy atom. The van der Waals surface area contributed by atoms with E-state index in [1.807, 2.05) is 24.3 Å². The van der Waals surface area contributed by atoms with E-state index in [9.17, 15) is 4.39 Å². The van der Waals surface area contributed by atoms with Crippen molar-refractivity contribution in [2.24, 2.45) is 5.92 Å². The normalized spacial score (nSPS) is 16.4. The topological polar surface area (TPSA) is 36.9 Å². The molecule has 4 nitrogen and oxygen atoms in total. The van der Waals surface area contributed by atoms with Crippen LogP contribution in [0.15, 0.2) is 54.1 Å². The van der Waals surface area contributed by atoms with Gasteiger partial charge in [-0.3, -0.25) is 4.39 Å². The van der Waals surface area contributed by atoms with Crippen molar-refractivity contribution in [1.82, 2.24) is 0 Å². The van der Waals surface area contributed by atoms with Gasteiger partial charge < -0.3 is 18.9 Å². The quantitative estimate of drug-likeness (QED) is 0.447. The lowest BCUT2D eigenvalue weighted by atomic mass is 9.79. The molecule has 1 saturated carbocycles. The number of alkyl halides is 1. The van der Waals surface area contributed by atoms with Crippen molar-refractivity contribution in [1.29, 1.82) is 0 Å². The molecule has 0 aliphatic heterocycles. The number of methoxy groups -OCH3 is 2. The monoisotopic (exact) mass is 414 g/mol. The largest absolute Gasteiger partial charge is 0.468 e. The van der Waals surface area contributed by atoms with E-state index < -0.39 is 0 Å². The highest BCUT2D eigenvalue weighted by Gasteiger charge is 2.20. The van der Waals surface area contributed by atoms with E-state index in [1.165, 1.54) is 11.1 Å². The van der Waals surface area contributed by atoms with Gasteiger partial charge in [0.2, 0.25) is 0 Å². The van der Waals surface area contributed by atoms with Crippen LogP contribution < -0.4 is 9.47 Å². The van der Waals surface area contributed by atoms with Crippen molar-refractivity contribution >= 4 is 5.57 Å². The molecular formula is C25H31FO4. The Morgan fingerprint density at radius 2 is 1.27 bits per heavy atom. The molecule has 30 heavy (non-hydrogen) atoms. The zero-order valence-corrected chi connectivity index (χ0v) is 17.9. The first kappa shape index (κ1) is 22.3. The predicted molar refractivity (Wildman–Crippen MR) is 116 cm³/mol. The van der Waals surface area contributed by atoms with Gasteiger partial charge in [-0.2, -0.15) is 0 Å². The summed E-state index contributed by atoms with van der Waals surface area (Å²) in [5.74, 6) is 2.05. The van der Waals surface area contributed by atoms with Gasteiger partial charge in [0, 0.05) is 14.2 Å². The molecule has 0 N–H and O–H groups in total. The molecule has 2 aromatic carbocycles. The zero-order valence-electron chi connectivity index (χ0n) is 17.9. The molecule has 0 radical (unpaired) electrons. The van der Waals surface area contributed by atoms with Crippen LogP contribution >= 0.6 is 0 Å². The first-order valence-electron chi connectivity index (χ1n) is 10.5. The number of benzene rings is 2. The maximum atomic E-state index is 12.8. The maximum absolute atomic E-state index is 12.8. The minimum atomic E-state index is -0.220. The van der Waals surface area contributed by atoms with Gasteiger partial charge in [-0.15, -0.1) is 0 Å². The number of hydrogen-bond acceptors (Lipinski definition) is 4. The summed E-state index contributed by atoms with van der Waals surface area (Å²) in [6, 6.07) is 16.3. The first-order valence-corrected chi connectivity index (χ1v) is 10.5. The molecule has 0 saturated heterocycles. The Hall–Kier alpha value is -2.37. The second-order valence-electron chi connectivity index (χ2n) is 7.55. The Kier molecular flexibility index (Phi) is 8.72. The highest BCUT2D eigenvalue weighted by atomic mass is 19.1. The van der Waals surface area contributed by atoms with E-state index in [4.69, 9.17) is 18.9 Å². The van der Waals surface area contributed by atoms with Crippen LogP contribution in [0, 0.1) is 5.92 Å². The van der Waals surface area contributed by atoms with Crippen molar-refractivity contribution in [3.63, 3.8) is 0 Å². The van der Waals surface area contributed by atoms with Gasteiger partial charge in [0.05, 0.1) is 6.67 Å². The Bertz CT molecular complexity index is 735. The van der Waals surface area contributed by atoms with E-state index in [1.54, 1.807) is 14.2 Å². The van der Waals surface area contributed by atoms with Crippen molar-refractivity contribution < 1.29 is 23.3 Å². The lowest BCUT2D eigenvalue weighted by Gasteiger charge is -2.26. The summed E-state index contributed by atoms with van der Waals surface area (Å²) in [5, 5.41) is 0. The third kappa shape index (κ3) is 6.07. The van der Waals surface area contributed by atoms with Crippen LogP contribution in [0.25, 0.3) is 5.57 Å². The summed E-state index contributed by atoms with van der Waals surface area (Å²) in [4.78, 5) is 0. The van der Waals surface area contributed by atoms with Crippen LogP contribution in [-0.2, 0) is 9.47 Å². The summed E-state index contributed by atoms with van der Waals surface area (Å²) in [5.41, 5.74) is 5.00. The molecule has 0 amide bonds. The second kappa shape index (κ2) is 11.7. The number of ether oxygens (including phenoxy) is 4. The fourth-order valence-corrected chi connectivity index (χ4v) is 3.98. The van der Waals surface area contributed by atoms with Crippen LogP contribution in [0.3, 0.4) is 0 Å². The Labute approximate surface area is 178 Å². The van der Waals surface area contributed by atoms with E-state index in [-0.39, 0.29) is 20.3 Å². The zero-order chi connectivity index (χ0) is 21.2. The lowest BCUT2D eigenvalue weighted by Crippen LogP contribution is -2.10. The lowest BCUT2D eigenvalue weighted by molar-refractivity contribution is 0.0509. The van der Waals surface area contributed by atoms with Gasteiger partial charge in [-0.25, -0.2) is 0 Å². The average Bonchev–Trinajstić information content (AvgIpc) is 2.79. The predicted octanol–water partition coefficient (Wildman–Crippen LogP) is 6.00. The molecule has 3 rings (SSSR count). The van der Waals surface area contributed by atoms with Crippen molar-refractivity contribution in [3.8, 4) is 11.5 Å². The van der Waals surface area contributed by atoms with Gasteiger partial charge in [0.25, 0.3) is 0 Å². The molecule has 0 heterocycles. The van der Waals surface area contributed by atoms with E-state index in [0.717, 1.165) is 48.3 Å². The number of halogens is 1. The maximum Gasteiger partial charge on any atom is 0.188 e.